The summed E-state index contributed by atoms with van der Waals surface area (Å²) in [5.74, 6) is -0.704. The molecule has 1 spiro atoms. The topological polar surface area (TPSA) is 108 Å². The van der Waals surface area contributed by atoms with Crippen LogP contribution in [0.25, 0.3) is 0 Å². The maximum Gasteiger partial charge on any atom is 0.341 e. The second kappa shape index (κ2) is 11.6. The lowest BCUT2D eigenvalue weighted by molar-refractivity contribution is 0.0222. The molecule has 0 aromatic heterocycles. The van der Waals surface area contributed by atoms with Crippen LogP contribution in [0, 0.1) is 0 Å². The average Bonchev–Trinajstić information content (AvgIpc) is 3.47. The van der Waals surface area contributed by atoms with Crippen molar-refractivity contribution in [3.05, 3.63) is 114 Å². The van der Waals surface area contributed by atoms with Gasteiger partial charge in [0, 0.05) is 71.9 Å². The van der Waals surface area contributed by atoms with Crippen molar-refractivity contribution in [1.29, 1.82) is 0 Å². The summed E-state index contributed by atoms with van der Waals surface area (Å²) < 4.78 is 13.9. The molecular formula is C41H35Cl2N3O6. The molecule has 264 valence electrons. The van der Waals surface area contributed by atoms with Gasteiger partial charge >= 0.3 is 11.9 Å². The molecule has 0 saturated carbocycles. The minimum absolute atomic E-state index is 0.0226. The van der Waals surface area contributed by atoms with Crippen molar-refractivity contribution in [2.45, 2.75) is 63.5 Å². The van der Waals surface area contributed by atoms with Gasteiger partial charge in [-0.3, -0.25) is 4.79 Å². The Balaban J connectivity index is 1.16. The lowest BCUT2D eigenvalue weighted by atomic mass is 9.72. The molecule has 0 aliphatic carbocycles. The molecular weight excluding hydrogens is 701 g/mol. The van der Waals surface area contributed by atoms with Gasteiger partial charge in [-0.05, 0) is 98.4 Å². The summed E-state index contributed by atoms with van der Waals surface area (Å²) >= 11 is 14.4. The Morgan fingerprint density at radius 1 is 0.808 bits per heavy atom. The maximum atomic E-state index is 14.4. The number of benzene rings is 4. The first-order valence-electron chi connectivity index (χ1n) is 18.2. The van der Waals surface area contributed by atoms with E-state index in [9.17, 15) is 19.5 Å². The van der Waals surface area contributed by atoms with Crippen LogP contribution in [0.5, 0.6) is 11.5 Å². The van der Waals surface area contributed by atoms with Gasteiger partial charge in [0.2, 0.25) is 0 Å². The van der Waals surface area contributed by atoms with E-state index in [0.29, 0.717) is 11.1 Å². The van der Waals surface area contributed by atoms with Crippen LogP contribution in [0.3, 0.4) is 0 Å². The zero-order valence-corrected chi connectivity index (χ0v) is 29.9. The van der Waals surface area contributed by atoms with Gasteiger partial charge in [-0.1, -0.05) is 35.3 Å². The number of carbonyl (C=O) groups is 3. The van der Waals surface area contributed by atoms with Crippen molar-refractivity contribution in [3.63, 3.8) is 0 Å². The van der Waals surface area contributed by atoms with Crippen LogP contribution >= 0.6 is 23.2 Å². The molecule has 9 nitrogen and oxygen atoms in total. The van der Waals surface area contributed by atoms with Crippen LogP contribution in [-0.2, 0) is 42.6 Å². The fraction of sp³-hybridized carbons (Fsp3) is 0.341. The SMILES string of the molecule is O=C(O)c1ccc(CNC(=O)c2cc(Cl)c3c(c2Cl)C(=O)OC32c3cc4c5c(c3Oc3c2cc2c6c3CCCN6CCC2)CCCN5CCC4)cc1. The van der Waals surface area contributed by atoms with Crippen molar-refractivity contribution >= 4 is 52.4 Å². The maximum absolute atomic E-state index is 14.4. The highest BCUT2D eigenvalue weighted by Crippen LogP contribution is 2.63. The highest BCUT2D eigenvalue weighted by atomic mass is 35.5. The van der Waals surface area contributed by atoms with Gasteiger partial charge in [0.05, 0.1) is 26.7 Å². The average molecular weight is 737 g/mol. The summed E-state index contributed by atoms with van der Waals surface area (Å²) in [6.07, 6.45) is 7.60. The standard InChI is InChI=1S/C41H35Cl2N3O6/c42-30-19-27(38(47)44-20-21-9-11-22(12-10-21)39(48)49)33(43)31-32(30)41(52-40(31)50)28-17-23-5-1-13-45-15-3-7-25(34(23)45)36(28)51-37-26-8-4-16-46-14-2-6-24(35(26)46)18-29(37)41/h9-12,17-19H,1-8,13-16,20H2,(H,44,47)(H,48,49). The lowest BCUT2D eigenvalue weighted by Gasteiger charge is -2.45. The minimum atomic E-state index is -1.42. The largest absolute Gasteiger partial charge is 0.478 e. The summed E-state index contributed by atoms with van der Waals surface area (Å²) in [6.45, 7) is 4.14. The Labute approximate surface area is 310 Å². The predicted octanol–water partition coefficient (Wildman–Crippen LogP) is 7.59. The number of fused-ring (bicyclic) bond motifs is 8. The van der Waals surface area contributed by atoms with Gasteiger partial charge in [-0.2, -0.15) is 0 Å². The second-order valence-corrected chi connectivity index (χ2v) is 15.5. The first kappa shape index (κ1) is 32.0. The number of hydrogen-bond acceptors (Lipinski definition) is 7. The molecule has 0 radical (unpaired) electrons. The highest BCUT2D eigenvalue weighted by Gasteiger charge is 2.58. The van der Waals surface area contributed by atoms with Crippen LogP contribution in [0.4, 0.5) is 11.4 Å². The molecule has 0 atom stereocenters. The number of rotatable bonds is 4. The van der Waals surface area contributed by atoms with Crippen LogP contribution in [0.2, 0.25) is 10.0 Å². The van der Waals surface area contributed by atoms with E-state index in [1.165, 1.54) is 34.6 Å². The number of aryl methyl sites for hydroxylation is 2. The van der Waals surface area contributed by atoms with E-state index in [-0.39, 0.29) is 33.3 Å². The summed E-state index contributed by atoms with van der Waals surface area (Å²) in [7, 11) is 0. The van der Waals surface area contributed by atoms with Gasteiger partial charge < -0.3 is 29.7 Å². The molecule has 0 unspecified atom stereocenters. The summed E-state index contributed by atoms with van der Waals surface area (Å²) in [5, 5.41) is 12.3. The number of ether oxygens (including phenoxy) is 2. The number of amides is 1. The molecule has 4 aromatic rings. The third-order valence-electron chi connectivity index (χ3n) is 11.8. The van der Waals surface area contributed by atoms with E-state index in [0.717, 1.165) is 111 Å². The Morgan fingerprint density at radius 3 is 1.92 bits per heavy atom. The summed E-state index contributed by atoms with van der Waals surface area (Å²) in [6, 6.07) is 12.1. The number of halogens is 2. The number of aromatic carboxylic acids is 1. The van der Waals surface area contributed by atoms with Crippen molar-refractivity contribution in [3.8, 4) is 11.5 Å². The van der Waals surface area contributed by atoms with Crippen molar-refractivity contribution in [2.24, 2.45) is 0 Å². The zero-order valence-electron chi connectivity index (χ0n) is 28.4. The number of nitrogens with one attached hydrogen (secondary N) is 1. The monoisotopic (exact) mass is 735 g/mol. The Kier molecular flexibility index (Phi) is 7.15. The number of esters is 1. The number of anilines is 2. The molecule has 6 aliphatic heterocycles. The van der Waals surface area contributed by atoms with E-state index in [1.807, 2.05) is 0 Å². The highest BCUT2D eigenvalue weighted by molar-refractivity contribution is 6.39. The molecule has 6 aliphatic rings. The smallest absolute Gasteiger partial charge is 0.341 e. The predicted molar refractivity (Wildman–Crippen MR) is 197 cm³/mol. The quantitative estimate of drug-likeness (QED) is 0.207. The Hall–Kier alpha value is -4.73. The molecule has 52 heavy (non-hydrogen) atoms. The number of nitrogens with zero attached hydrogens (tertiary/aromatic N) is 2. The van der Waals surface area contributed by atoms with E-state index in [4.69, 9.17) is 32.7 Å². The fourth-order valence-electron chi connectivity index (χ4n) is 9.66. The molecule has 6 heterocycles. The van der Waals surface area contributed by atoms with Crippen LogP contribution in [-0.4, -0.2) is 49.1 Å². The van der Waals surface area contributed by atoms with E-state index < -0.39 is 23.4 Å². The third-order valence-corrected chi connectivity index (χ3v) is 12.5. The number of hydrogen-bond donors (Lipinski definition) is 2. The minimum Gasteiger partial charge on any atom is -0.478 e. The molecule has 10 rings (SSSR count). The summed E-state index contributed by atoms with van der Waals surface area (Å²) in [5.41, 5.74) is 8.79. The molecule has 1 amide bonds. The molecule has 4 aromatic carbocycles. The normalized spacial score (nSPS) is 18.4. The fourth-order valence-corrected chi connectivity index (χ4v) is 10.3. The number of carboxylic acids is 1. The van der Waals surface area contributed by atoms with Crippen LogP contribution in [0.15, 0.2) is 42.5 Å². The van der Waals surface area contributed by atoms with Crippen molar-refractivity contribution in [1.82, 2.24) is 5.32 Å². The molecule has 11 heteroatoms. The van der Waals surface area contributed by atoms with E-state index >= 15 is 0 Å². The van der Waals surface area contributed by atoms with Gasteiger partial charge in [0.1, 0.15) is 11.5 Å². The van der Waals surface area contributed by atoms with E-state index in [2.05, 4.69) is 27.2 Å². The van der Waals surface area contributed by atoms with Gasteiger partial charge in [0.25, 0.3) is 5.91 Å². The lowest BCUT2D eigenvalue weighted by Crippen LogP contribution is -2.40. The van der Waals surface area contributed by atoms with Crippen molar-refractivity contribution < 1.29 is 29.0 Å². The molecule has 2 N–H and O–H groups in total. The molecule has 0 fully saturated rings. The van der Waals surface area contributed by atoms with E-state index in [1.54, 1.807) is 18.2 Å². The van der Waals surface area contributed by atoms with Crippen LogP contribution < -0.4 is 19.9 Å². The Bertz CT molecular complexity index is 2200. The van der Waals surface area contributed by atoms with Crippen molar-refractivity contribution in [2.75, 3.05) is 36.0 Å². The zero-order chi connectivity index (χ0) is 35.5. The number of carboxylic acid groups (broad SMARTS) is 1. The second-order valence-electron chi connectivity index (χ2n) is 14.7. The first-order valence-corrected chi connectivity index (χ1v) is 18.9. The van der Waals surface area contributed by atoms with Gasteiger partial charge in [-0.25, -0.2) is 9.59 Å². The molecule has 0 bridgehead atoms. The first-order chi connectivity index (χ1) is 25.2. The third kappa shape index (κ3) is 4.45. The van der Waals surface area contributed by atoms with Crippen LogP contribution in [0.1, 0.15) is 101 Å². The van der Waals surface area contributed by atoms with Gasteiger partial charge in [0.15, 0.2) is 5.60 Å². The Morgan fingerprint density at radius 2 is 1.37 bits per heavy atom. The van der Waals surface area contributed by atoms with Gasteiger partial charge in [-0.15, -0.1) is 0 Å². The summed E-state index contributed by atoms with van der Waals surface area (Å²) in [4.78, 5) is 44.3. The molecule has 0 saturated heterocycles. The number of carbonyl (C=O) groups excluding carboxylic acids is 2.